The monoisotopic (exact) mass is 895 g/mol. The summed E-state index contributed by atoms with van der Waals surface area (Å²) < 4.78 is 0. The maximum Gasteiger partial charge on any atom is 0.326 e. The Morgan fingerprint density at radius 2 is 1.29 bits per heavy atom. The molecule has 0 fully saturated rings. The van der Waals surface area contributed by atoms with Gasteiger partial charge in [-0.1, -0.05) is 57.6 Å². The first-order chi connectivity index (χ1) is 29.9. The predicted octanol–water partition coefficient (Wildman–Crippen LogP) is 2.79. The van der Waals surface area contributed by atoms with E-state index in [1.165, 1.54) is 38.9 Å². The number of imidazole rings is 1. The summed E-state index contributed by atoms with van der Waals surface area (Å²) in [6, 6.07) is -4.91. The lowest BCUT2D eigenvalue weighted by Crippen LogP contribution is -2.55. The summed E-state index contributed by atoms with van der Waals surface area (Å²) in [5.41, 5.74) is 0.641. The smallest absolute Gasteiger partial charge is 0.326 e. The molecule has 0 saturated heterocycles. The van der Waals surface area contributed by atoms with Crippen LogP contribution in [0.2, 0.25) is 0 Å². The van der Waals surface area contributed by atoms with Crippen LogP contribution in [0.4, 0.5) is 0 Å². The number of carbonyl (C=O) groups excluding carboxylic acids is 6. The largest absolute Gasteiger partial charge is 0.480 e. The highest BCUT2D eigenvalue weighted by Crippen LogP contribution is 2.14. The average Bonchev–Trinajstić information content (AvgIpc) is 3.74. The van der Waals surface area contributed by atoms with Crippen molar-refractivity contribution in [2.45, 2.75) is 186 Å². The second-order valence-electron chi connectivity index (χ2n) is 16.1. The highest BCUT2D eigenvalue weighted by molar-refractivity contribution is 5.93. The van der Waals surface area contributed by atoms with Crippen molar-refractivity contribution in [3.63, 3.8) is 0 Å². The molecule has 63 heavy (non-hydrogen) atoms. The number of nitrogens with one attached hydrogen (secondary N) is 5. The molecule has 0 aromatic carbocycles. The first-order valence-electron chi connectivity index (χ1n) is 22.3. The van der Waals surface area contributed by atoms with Crippen molar-refractivity contribution in [1.29, 1.82) is 0 Å². The van der Waals surface area contributed by atoms with Gasteiger partial charge >= 0.3 is 5.97 Å². The Kier molecular flexibility index (Phi) is 29.1. The first-order valence-corrected chi connectivity index (χ1v) is 22.3. The molecule has 1 aromatic heterocycles. The fourth-order valence-electron chi connectivity index (χ4n) is 6.60. The minimum Gasteiger partial charge on any atom is -0.480 e. The molecule has 20 nitrogen and oxygen atoms in total. The van der Waals surface area contributed by atoms with E-state index >= 15 is 0 Å². The first kappa shape index (κ1) is 56.1. The van der Waals surface area contributed by atoms with E-state index in [1.807, 2.05) is 0 Å². The summed E-state index contributed by atoms with van der Waals surface area (Å²) in [7, 11) is 0. The van der Waals surface area contributed by atoms with Crippen LogP contribution in [-0.2, 0) is 40.0 Å². The van der Waals surface area contributed by atoms with Crippen molar-refractivity contribution < 1.29 is 59.3 Å². The zero-order chi connectivity index (χ0) is 47.2. The number of aliphatic carboxylic acids is 1. The molecule has 0 aliphatic heterocycles. The van der Waals surface area contributed by atoms with Gasteiger partial charge in [-0.05, 0) is 64.7 Å². The van der Waals surface area contributed by atoms with Crippen molar-refractivity contribution in [2.24, 2.45) is 0 Å². The lowest BCUT2D eigenvalue weighted by atomic mass is 9.98. The topological polar surface area (TPSA) is 304 Å². The lowest BCUT2D eigenvalue weighted by molar-refractivity contribution is -0.163. The zero-order valence-electron chi connectivity index (χ0n) is 37.6. The summed E-state index contributed by atoms with van der Waals surface area (Å²) in [6.45, 7) is 5.34. The van der Waals surface area contributed by atoms with Crippen LogP contribution in [0.1, 0.15) is 149 Å². The number of aliphatic hydroxyl groups is 2. The van der Waals surface area contributed by atoms with E-state index in [1.54, 1.807) is 6.20 Å². The maximum atomic E-state index is 13.3. The summed E-state index contributed by atoms with van der Waals surface area (Å²) in [5.74, 6) is -5.53. The molecule has 0 radical (unpaired) electrons. The number of aromatic nitrogens is 2. The van der Waals surface area contributed by atoms with Gasteiger partial charge in [0.25, 0.3) is 0 Å². The molecule has 1 heterocycles. The zero-order valence-corrected chi connectivity index (χ0v) is 37.6. The summed E-state index contributed by atoms with van der Waals surface area (Å²) >= 11 is 0. The Labute approximate surface area is 370 Å². The molecule has 20 heteroatoms. The number of hydrogen-bond donors (Lipinski definition) is 10. The molecule has 0 saturated carbocycles. The van der Waals surface area contributed by atoms with Crippen LogP contribution in [0.15, 0.2) is 24.7 Å². The van der Waals surface area contributed by atoms with Gasteiger partial charge in [-0.2, -0.15) is 0 Å². The molecule has 0 aliphatic rings. The van der Waals surface area contributed by atoms with Gasteiger partial charge in [-0.15, -0.1) is 0 Å². The van der Waals surface area contributed by atoms with Crippen LogP contribution in [0.25, 0.3) is 0 Å². The average molecular weight is 895 g/mol. The summed E-state index contributed by atoms with van der Waals surface area (Å²) in [5, 5.41) is 61.8. The third kappa shape index (κ3) is 26.3. The molecular formula is C43H74N8O12. The van der Waals surface area contributed by atoms with Crippen molar-refractivity contribution in [1.82, 2.24) is 41.4 Å². The van der Waals surface area contributed by atoms with E-state index in [0.717, 1.165) is 52.4 Å². The Hall–Kier alpha value is -4.92. The summed E-state index contributed by atoms with van der Waals surface area (Å²) in [4.78, 5) is 93.8. The normalized spacial score (nSPS) is 14.2. The van der Waals surface area contributed by atoms with Crippen LogP contribution in [0, 0.1) is 0 Å². The van der Waals surface area contributed by atoms with Crippen molar-refractivity contribution in [3.05, 3.63) is 30.4 Å². The van der Waals surface area contributed by atoms with Crippen LogP contribution < -0.4 is 21.3 Å². The molecule has 0 spiro atoms. The Morgan fingerprint density at radius 1 is 0.730 bits per heavy atom. The summed E-state index contributed by atoms with van der Waals surface area (Å²) in [6.07, 6.45) is 16.2. The van der Waals surface area contributed by atoms with Gasteiger partial charge in [-0.25, -0.2) is 19.9 Å². The minimum atomic E-state index is -1.47. The number of rotatable bonds is 35. The van der Waals surface area contributed by atoms with E-state index in [9.17, 15) is 59.3 Å². The molecule has 0 aliphatic carbocycles. The number of hydroxylamine groups is 4. The number of carboxylic acids is 1. The number of aromatic amines is 1. The molecule has 1 rings (SSSR count). The fourth-order valence-corrected chi connectivity index (χ4v) is 6.60. The molecule has 0 bridgehead atoms. The van der Waals surface area contributed by atoms with Gasteiger partial charge in [0.05, 0.1) is 31.0 Å². The number of H-pyrrole nitrogens is 1. The van der Waals surface area contributed by atoms with Gasteiger partial charge in [-0.3, -0.25) is 39.2 Å². The maximum absolute atomic E-state index is 13.3. The second kappa shape index (κ2) is 32.7. The number of hydrogen-bond acceptors (Lipinski definition) is 12. The molecule has 6 amide bonds. The third-order valence-electron chi connectivity index (χ3n) is 10.4. The fraction of sp³-hybridized carbons (Fsp3) is 0.721. The van der Waals surface area contributed by atoms with Gasteiger partial charge < -0.3 is 41.6 Å². The van der Waals surface area contributed by atoms with E-state index in [2.05, 4.69) is 50.3 Å². The predicted molar refractivity (Wildman–Crippen MR) is 232 cm³/mol. The number of unbranched alkanes of at least 4 members (excludes halogenated alkanes) is 9. The number of nitrogens with zero attached hydrogens (tertiary/aromatic N) is 3. The van der Waals surface area contributed by atoms with Gasteiger partial charge in [0.15, 0.2) is 0 Å². The molecule has 5 unspecified atom stereocenters. The second-order valence-corrected chi connectivity index (χ2v) is 16.1. The standard InChI is InChI=1S/C43H74N8O12/c1-5-6-7-8-9-10-11-12-13-14-15-16-17-22-39(56)47-37(25-33-28-44-29-45-33)38(55)26-34(54)27-40(57)46-30(2)41(58)48-35(20-18-23-50(62)31(3)52)42(59)49-36(43(60)61)21-19-24-51(63)32(4)53/h10-11,28-30,34-38,54-55,62-63H,5-9,12-27H2,1-4H3,(H,44,45)(H,46,57)(H,47,56)(H,48,58)(H,49,59)(H,60,61)/b11-10-/t30-,34?,35?,36?,37?,38?/m0/s1. The Balaban J connectivity index is 2.74. The van der Waals surface area contributed by atoms with Crippen LogP contribution in [0.5, 0.6) is 0 Å². The Morgan fingerprint density at radius 3 is 1.84 bits per heavy atom. The van der Waals surface area contributed by atoms with Crippen molar-refractivity contribution in [2.75, 3.05) is 13.1 Å². The Bertz CT molecular complexity index is 1550. The third-order valence-corrected chi connectivity index (χ3v) is 10.4. The van der Waals surface area contributed by atoms with E-state index < -0.39 is 78.3 Å². The van der Waals surface area contributed by atoms with Crippen LogP contribution in [-0.4, -0.2) is 137 Å². The molecule has 1 aromatic rings. The van der Waals surface area contributed by atoms with Gasteiger partial charge in [0, 0.05) is 58.1 Å². The highest BCUT2D eigenvalue weighted by atomic mass is 16.5. The quantitative estimate of drug-likeness (QED) is 0.0203. The van der Waals surface area contributed by atoms with Gasteiger partial charge in [0.2, 0.25) is 35.4 Å². The molecular weight excluding hydrogens is 821 g/mol. The molecule has 358 valence electrons. The minimum absolute atomic E-state index is 0.00103. The number of allylic oxidation sites excluding steroid dienone is 2. The van der Waals surface area contributed by atoms with E-state index in [4.69, 9.17) is 0 Å². The number of carboxylic acid groups (broad SMARTS) is 1. The highest BCUT2D eigenvalue weighted by Gasteiger charge is 2.30. The lowest BCUT2D eigenvalue weighted by Gasteiger charge is -2.26. The number of amides is 6. The van der Waals surface area contributed by atoms with Crippen molar-refractivity contribution in [3.8, 4) is 0 Å². The molecule has 6 atom stereocenters. The number of carbonyl (C=O) groups is 7. The van der Waals surface area contributed by atoms with Gasteiger partial charge in [0.1, 0.15) is 18.1 Å². The molecule has 10 N–H and O–H groups in total. The SMILES string of the molecule is CCCCCC/C=C\CCCCCCCC(=O)NC(Cc1cnc[nH]1)C(O)CC(O)CC(=O)N[C@@H](C)C(=O)NC(CCCN(O)C(C)=O)C(=O)NC(CCCN(O)C(C)=O)C(=O)O. The van der Waals surface area contributed by atoms with E-state index in [0.29, 0.717) is 22.2 Å². The van der Waals surface area contributed by atoms with Crippen molar-refractivity contribution >= 4 is 41.4 Å². The number of aliphatic hydroxyl groups excluding tert-OH is 2. The van der Waals surface area contributed by atoms with E-state index in [-0.39, 0.29) is 63.9 Å². The van der Waals surface area contributed by atoms with Crippen LogP contribution >= 0.6 is 0 Å². The van der Waals surface area contributed by atoms with Crippen LogP contribution in [0.3, 0.4) is 0 Å².